The van der Waals surface area contributed by atoms with Crippen molar-refractivity contribution in [3.63, 3.8) is 0 Å². The molecular weight excluding hydrogens is 376 g/mol. The van der Waals surface area contributed by atoms with Gasteiger partial charge in [0.15, 0.2) is 0 Å². The number of piperidine rings is 1. The van der Waals surface area contributed by atoms with Crippen LogP contribution in [-0.4, -0.2) is 45.7 Å². The van der Waals surface area contributed by atoms with Gasteiger partial charge in [0, 0.05) is 32.0 Å². The number of thioether (sulfide) groups is 1. The lowest BCUT2D eigenvalue weighted by atomic mass is 9.97. The summed E-state index contributed by atoms with van der Waals surface area (Å²) in [6.07, 6.45) is 7.18. The molecular formula is C19H20N6O2S. The van der Waals surface area contributed by atoms with Gasteiger partial charge in [0.2, 0.25) is 5.95 Å². The zero-order valence-electron chi connectivity index (χ0n) is 15.2. The Morgan fingerprint density at radius 1 is 1.18 bits per heavy atom. The molecule has 0 bridgehead atoms. The number of imide groups is 1. The summed E-state index contributed by atoms with van der Waals surface area (Å²) >= 11 is 0.889. The normalized spacial score (nSPS) is 19.1. The molecule has 2 amide bonds. The Morgan fingerprint density at radius 3 is 2.75 bits per heavy atom. The number of hydrogen-bond donors (Lipinski definition) is 2. The molecule has 2 aliphatic heterocycles. The van der Waals surface area contributed by atoms with Gasteiger partial charge in [-0.2, -0.15) is 0 Å². The minimum absolute atomic E-state index is 0.355. The molecule has 2 aromatic heterocycles. The number of hydrogen-bond acceptors (Lipinski definition) is 8. The van der Waals surface area contributed by atoms with Gasteiger partial charge in [0.25, 0.3) is 11.1 Å². The molecule has 2 N–H and O–H groups in total. The quantitative estimate of drug-likeness (QED) is 0.744. The van der Waals surface area contributed by atoms with Crippen LogP contribution in [0.4, 0.5) is 16.6 Å². The maximum Gasteiger partial charge on any atom is 0.290 e. The average Bonchev–Trinajstić information content (AvgIpc) is 3.04. The van der Waals surface area contributed by atoms with E-state index in [9.17, 15) is 9.59 Å². The highest BCUT2D eigenvalue weighted by Gasteiger charge is 2.25. The highest BCUT2D eigenvalue weighted by molar-refractivity contribution is 8.18. The number of carbonyl (C=O) groups is 2. The van der Waals surface area contributed by atoms with Crippen LogP contribution in [-0.2, 0) is 4.79 Å². The average molecular weight is 396 g/mol. The zero-order chi connectivity index (χ0) is 19.3. The topological polar surface area (TPSA) is 100 Å². The Morgan fingerprint density at radius 2 is 2.04 bits per heavy atom. The molecule has 2 aromatic rings. The number of aromatic nitrogens is 3. The second kappa shape index (κ2) is 8.39. The summed E-state index contributed by atoms with van der Waals surface area (Å²) in [5.74, 6) is 1.76. The molecule has 4 rings (SSSR count). The summed E-state index contributed by atoms with van der Waals surface area (Å²) in [7, 11) is 0. The molecule has 0 spiro atoms. The van der Waals surface area contributed by atoms with Gasteiger partial charge in [-0.15, -0.1) is 0 Å². The molecule has 4 heterocycles. The minimum Gasteiger partial charge on any atom is -0.370 e. The second-order valence-corrected chi connectivity index (χ2v) is 7.67. The Labute approximate surface area is 166 Å². The molecule has 2 fully saturated rings. The molecule has 0 saturated carbocycles. The number of amides is 2. The van der Waals surface area contributed by atoms with Crippen LogP contribution in [0.15, 0.2) is 41.6 Å². The van der Waals surface area contributed by atoms with Gasteiger partial charge in [-0.3, -0.25) is 14.9 Å². The van der Waals surface area contributed by atoms with Gasteiger partial charge in [-0.25, -0.2) is 15.0 Å². The fraction of sp³-hybridized carbons (Fsp3) is 0.316. The first-order valence-electron chi connectivity index (χ1n) is 9.15. The third-order valence-corrected chi connectivity index (χ3v) is 5.53. The van der Waals surface area contributed by atoms with Crippen molar-refractivity contribution in [2.24, 2.45) is 5.92 Å². The molecule has 0 aliphatic carbocycles. The van der Waals surface area contributed by atoms with Gasteiger partial charge >= 0.3 is 0 Å². The third kappa shape index (κ3) is 4.48. The van der Waals surface area contributed by atoms with Gasteiger partial charge in [-0.05, 0) is 54.8 Å². The fourth-order valence-electron chi connectivity index (χ4n) is 3.20. The molecule has 2 aliphatic rings. The molecule has 2 saturated heterocycles. The summed E-state index contributed by atoms with van der Waals surface area (Å²) in [6.45, 7) is 2.66. The summed E-state index contributed by atoms with van der Waals surface area (Å²) in [5, 5.41) is 5.28. The minimum atomic E-state index is -0.378. The van der Waals surface area contributed by atoms with Crippen molar-refractivity contribution in [1.29, 1.82) is 0 Å². The highest BCUT2D eigenvalue weighted by atomic mass is 32.2. The SMILES string of the molecule is O=C1NC(=O)C(=Cc2ccnc(N3CCC(CNc4ccccn4)CC3)n2)S1. The summed E-state index contributed by atoms with van der Waals surface area (Å²) < 4.78 is 0. The number of pyridine rings is 1. The second-order valence-electron chi connectivity index (χ2n) is 6.66. The van der Waals surface area contributed by atoms with Crippen molar-refractivity contribution in [2.75, 3.05) is 29.9 Å². The largest absolute Gasteiger partial charge is 0.370 e. The van der Waals surface area contributed by atoms with Crippen LogP contribution in [0.5, 0.6) is 0 Å². The predicted octanol–water partition coefficient (Wildman–Crippen LogP) is 2.52. The maximum atomic E-state index is 11.7. The summed E-state index contributed by atoms with van der Waals surface area (Å²) in [6, 6.07) is 7.58. The van der Waals surface area contributed by atoms with E-state index < -0.39 is 0 Å². The Kier molecular flexibility index (Phi) is 5.52. The first-order valence-corrected chi connectivity index (χ1v) is 9.97. The standard InChI is InChI=1S/C19H20N6O2S/c26-17-15(28-19(27)24-17)11-14-4-8-21-18(23-14)25-9-5-13(6-10-25)12-22-16-3-1-2-7-20-16/h1-4,7-8,11,13H,5-6,9-10,12H2,(H,20,22)(H,24,26,27). The fourth-order valence-corrected chi connectivity index (χ4v) is 3.87. The van der Waals surface area contributed by atoms with Crippen LogP contribution in [0.1, 0.15) is 18.5 Å². The van der Waals surface area contributed by atoms with Crippen molar-refractivity contribution in [3.8, 4) is 0 Å². The van der Waals surface area contributed by atoms with Crippen LogP contribution in [0.2, 0.25) is 0 Å². The Bertz CT molecular complexity index is 896. The molecule has 0 unspecified atom stereocenters. The van der Waals surface area contributed by atoms with E-state index in [1.807, 2.05) is 18.2 Å². The van der Waals surface area contributed by atoms with Crippen LogP contribution in [0, 0.1) is 5.92 Å². The van der Waals surface area contributed by atoms with Crippen molar-refractivity contribution in [3.05, 3.63) is 47.3 Å². The van der Waals surface area contributed by atoms with Crippen LogP contribution in [0.25, 0.3) is 6.08 Å². The molecule has 144 valence electrons. The highest BCUT2D eigenvalue weighted by Crippen LogP contribution is 2.26. The third-order valence-electron chi connectivity index (χ3n) is 4.72. The maximum absolute atomic E-state index is 11.7. The number of anilines is 2. The van der Waals surface area contributed by atoms with E-state index in [1.54, 1.807) is 24.5 Å². The number of carbonyl (C=O) groups excluding carboxylic acids is 2. The lowest BCUT2D eigenvalue weighted by Gasteiger charge is -2.32. The number of nitrogens with zero attached hydrogens (tertiary/aromatic N) is 4. The molecule has 0 radical (unpaired) electrons. The van der Waals surface area contributed by atoms with E-state index in [2.05, 4.69) is 30.5 Å². The number of rotatable bonds is 5. The van der Waals surface area contributed by atoms with E-state index in [-0.39, 0.29) is 11.1 Å². The van der Waals surface area contributed by atoms with E-state index in [0.29, 0.717) is 22.5 Å². The Hall–Kier alpha value is -2.94. The molecule has 8 nitrogen and oxygen atoms in total. The van der Waals surface area contributed by atoms with E-state index in [4.69, 9.17) is 0 Å². The number of nitrogens with one attached hydrogen (secondary N) is 2. The molecule has 9 heteroatoms. The zero-order valence-corrected chi connectivity index (χ0v) is 16.0. The van der Waals surface area contributed by atoms with Crippen LogP contribution in [0.3, 0.4) is 0 Å². The smallest absolute Gasteiger partial charge is 0.290 e. The van der Waals surface area contributed by atoms with E-state index in [1.165, 1.54) is 0 Å². The predicted molar refractivity (Wildman–Crippen MR) is 109 cm³/mol. The van der Waals surface area contributed by atoms with Crippen molar-refractivity contribution in [1.82, 2.24) is 20.3 Å². The first kappa shape index (κ1) is 18.4. The van der Waals surface area contributed by atoms with Gasteiger partial charge in [-0.1, -0.05) is 6.07 Å². The Balaban J connectivity index is 1.34. The molecule has 0 aromatic carbocycles. The first-order chi connectivity index (χ1) is 13.7. The van der Waals surface area contributed by atoms with Crippen molar-refractivity contribution < 1.29 is 9.59 Å². The van der Waals surface area contributed by atoms with E-state index in [0.717, 1.165) is 50.1 Å². The van der Waals surface area contributed by atoms with Gasteiger partial charge in [0.1, 0.15) is 5.82 Å². The van der Waals surface area contributed by atoms with Crippen LogP contribution < -0.4 is 15.5 Å². The van der Waals surface area contributed by atoms with E-state index >= 15 is 0 Å². The van der Waals surface area contributed by atoms with Crippen molar-refractivity contribution >= 4 is 40.8 Å². The van der Waals surface area contributed by atoms with Gasteiger partial charge in [0.05, 0.1) is 10.6 Å². The monoisotopic (exact) mass is 396 g/mol. The molecule has 0 atom stereocenters. The lowest BCUT2D eigenvalue weighted by molar-refractivity contribution is -0.115. The lowest BCUT2D eigenvalue weighted by Crippen LogP contribution is -2.37. The van der Waals surface area contributed by atoms with Crippen LogP contribution >= 0.6 is 11.8 Å². The summed E-state index contributed by atoms with van der Waals surface area (Å²) in [5.41, 5.74) is 0.622. The molecule has 28 heavy (non-hydrogen) atoms. The van der Waals surface area contributed by atoms with Gasteiger partial charge < -0.3 is 10.2 Å². The summed E-state index contributed by atoms with van der Waals surface area (Å²) in [4.78, 5) is 38.7. The van der Waals surface area contributed by atoms with Crippen molar-refractivity contribution in [2.45, 2.75) is 12.8 Å².